The van der Waals surface area contributed by atoms with Gasteiger partial charge in [0.05, 0.1) is 11.6 Å². The fourth-order valence-electron chi connectivity index (χ4n) is 4.00. The van der Waals surface area contributed by atoms with E-state index in [9.17, 15) is 18.0 Å². The minimum absolute atomic E-state index is 0.0821. The lowest BCUT2D eigenvalue weighted by atomic mass is 9.96. The van der Waals surface area contributed by atoms with Gasteiger partial charge in [-0.05, 0) is 79.1 Å². The number of carbonyl (C=O) groups is 1. The van der Waals surface area contributed by atoms with Gasteiger partial charge in [0.25, 0.3) is 0 Å². The topological polar surface area (TPSA) is 29.5 Å². The number of anilines is 1. The first-order valence-corrected chi connectivity index (χ1v) is 10.7. The van der Waals surface area contributed by atoms with Crippen LogP contribution in [0.5, 0.6) is 11.5 Å². The van der Waals surface area contributed by atoms with E-state index in [0.717, 1.165) is 12.1 Å². The molecule has 0 aliphatic carbocycles. The number of hydrogen-bond acceptors (Lipinski definition) is 2. The van der Waals surface area contributed by atoms with Gasteiger partial charge in [-0.3, -0.25) is 4.79 Å². The van der Waals surface area contributed by atoms with Crippen LogP contribution in [0, 0.1) is 5.92 Å². The zero-order chi connectivity index (χ0) is 22.9. The second-order valence-electron chi connectivity index (χ2n) is 7.74. The highest BCUT2D eigenvalue weighted by atomic mass is 35.5. The van der Waals surface area contributed by atoms with Crippen molar-refractivity contribution >= 4 is 23.2 Å². The van der Waals surface area contributed by atoms with Crippen LogP contribution in [-0.4, -0.2) is 5.91 Å². The Hall–Kier alpha value is -2.99. The van der Waals surface area contributed by atoms with E-state index in [0.29, 0.717) is 40.6 Å². The molecule has 1 aliphatic rings. The van der Waals surface area contributed by atoms with Gasteiger partial charge in [-0.15, -0.1) is 0 Å². The highest BCUT2D eigenvalue weighted by Gasteiger charge is 2.41. The summed E-state index contributed by atoms with van der Waals surface area (Å²) in [6, 6.07) is 18.7. The lowest BCUT2D eigenvalue weighted by Crippen LogP contribution is -2.29. The molecule has 1 amide bonds. The summed E-state index contributed by atoms with van der Waals surface area (Å²) < 4.78 is 45.5. The summed E-state index contributed by atoms with van der Waals surface area (Å²) >= 11 is 5.89. The van der Waals surface area contributed by atoms with Crippen molar-refractivity contribution < 1.29 is 22.7 Å². The number of benzene rings is 3. The zero-order valence-corrected chi connectivity index (χ0v) is 18.0. The lowest BCUT2D eigenvalue weighted by molar-refractivity contribution is -0.137. The van der Waals surface area contributed by atoms with Crippen LogP contribution in [0.25, 0.3) is 0 Å². The van der Waals surface area contributed by atoms with Crippen molar-refractivity contribution in [3.8, 4) is 11.5 Å². The van der Waals surface area contributed by atoms with Gasteiger partial charge in [-0.25, -0.2) is 0 Å². The van der Waals surface area contributed by atoms with E-state index in [1.54, 1.807) is 59.5 Å². The van der Waals surface area contributed by atoms with Crippen LogP contribution in [-0.2, 0) is 11.0 Å². The number of alkyl halides is 3. The molecule has 32 heavy (non-hydrogen) atoms. The van der Waals surface area contributed by atoms with Crippen LogP contribution in [0.15, 0.2) is 72.8 Å². The Morgan fingerprint density at radius 3 is 2.22 bits per heavy atom. The van der Waals surface area contributed by atoms with Crippen molar-refractivity contribution in [2.75, 3.05) is 4.90 Å². The van der Waals surface area contributed by atoms with Crippen molar-refractivity contribution in [2.24, 2.45) is 5.92 Å². The molecule has 1 fully saturated rings. The molecule has 0 spiro atoms. The quantitative estimate of drug-likeness (QED) is 0.392. The van der Waals surface area contributed by atoms with Crippen LogP contribution in [0.2, 0.25) is 5.02 Å². The van der Waals surface area contributed by atoms with E-state index in [1.165, 1.54) is 6.07 Å². The number of rotatable bonds is 5. The van der Waals surface area contributed by atoms with Crippen molar-refractivity contribution in [2.45, 2.75) is 32.0 Å². The van der Waals surface area contributed by atoms with Crippen molar-refractivity contribution in [3.63, 3.8) is 0 Å². The molecule has 7 heteroatoms. The molecule has 0 bridgehead atoms. The summed E-state index contributed by atoms with van der Waals surface area (Å²) in [5.74, 6) is 0.874. The van der Waals surface area contributed by atoms with Crippen molar-refractivity contribution in [1.29, 1.82) is 0 Å². The van der Waals surface area contributed by atoms with Crippen molar-refractivity contribution in [1.82, 2.24) is 0 Å². The molecule has 1 aliphatic heterocycles. The Morgan fingerprint density at radius 2 is 1.62 bits per heavy atom. The van der Waals surface area contributed by atoms with Gasteiger partial charge in [0, 0.05) is 16.6 Å². The number of nitrogens with zero attached hydrogens (tertiary/aromatic N) is 1. The summed E-state index contributed by atoms with van der Waals surface area (Å²) in [4.78, 5) is 14.7. The maximum atomic E-state index is 13.2. The number of ether oxygens (including phenoxy) is 1. The van der Waals surface area contributed by atoms with Crippen molar-refractivity contribution in [3.05, 3.63) is 88.9 Å². The third-order valence-electron chi connectivity index (χ3n) is 5.66. The Kier molecular flexibility index (Phi) is 6.15. The fourth-order valence-corrected chi connectivity index (χ4v) is 4.12. The Labute approximate surface area is 189 Å². The molecule has 1 heterocycles. The molecule has 1 saturated heterocycles. The maximum Gasteiger partial charge on any atom is 0.416 e. The second-order valence-corrected chi connectivity index (χ2v) is 8.17. The largest absolute Gasteiger partial charge is 0.457 e. The highest BCUT2D eigenvalue weighted by Crippen LogP contribution is 2.43. The lowest BCUT2D eigenvalue weighted by Gasteiger charge is -2.26. The minimum Gasteiger partial charge on any atom is -0.457 e. The SMILES string of the molecule is CC[C@H]1C[C@H](c2cccc(C(F)(F)F)c2)N(c2ccc(Oc3ccc(Cl)cc3)cc2)C1=O. The highest BCUT2D eigenvalue weighted by molar-refractivity contribution is 6.30. The standard InChI is InChI=1S/C25H21ClF3NO2/c1-2-16-15-23(17-4-3-5-18(14-17)25(27,28)29)30(24(16)31)20-8-12-22(13-9-20)32-21-10-6-19(26)7-11-21/h3-14,16,23H,2,15H2,1H3/t16-,23+/m0/s1. The molecule has 0 saturated carbocycles. The third-order valence-corrected chi connectivity index (χ3v) is 5.91. The first kappa shape index (κ1) is 22.2. The van der Waals surface area contributed by atoms with Crippen LogP contribution in [0.1, 0.15) is 36.9 Å². The monoisotopic (exact) mass is 459 g/mol. The summed E-state index contributed by atoms with van der Waals surface area (Å²) in [6.45, 7) is 1.91. The third kappa shape index (κ3) is 4.60. The first-order chi connectivity index (χ1) is 15.3. The van der Waals surface area contributed by atoms with E-state index in [1.807, 2.05) is 6.92 Å². The number of halogens is 4. The van der Waals surface area contributed by atoms with E-state index < -0.39 is 17.8 Å². The van der Waals surface area contributed by atoms with E-state index in [2.05, 4.69) is 0 Å². The van der Waals surface area contributed by atoms with Crippen LogP contribution < -0.4 is 9.64 Å². The predicted molar refractivity (Wildman–Crippen MR) is 118 cm³/mol. The average Bonchev–Trinajstić information content (AvgIpc) is 3.12. The molecule has 0 aromatic heterocycles. The zero-order valence-electron chi connectivity index (χ0n) is 17.3. The Morgan fingerprint density at radius 1 is 1.00 bits per heavy atom. The molecule has 166 valence electrons. The summed E-state index contributed by atoms with van der Waals surface area (Å²) in [5, 5.41) is 0.603. The van der Waals surface area contributed by atoms with Gasteiger partial charge in [0.15, 0.2) is 0 Å². The van der Waals surface area contributed by atoms with E-state index in [4.69, 9.17) is 16.3 Å². The molecule has 3 aromatic rings. The molecule has 0 unspecified atom stereocenters. The van der Waals surface area contributed by atoms with Gasteiger partial charge in [-0.2, -0.15) is 13.2 Å². The predicted octanol–water partition coefficient (Wildman–Crippen LogP) is 7.66. The number of hydrogen-bond donors (Lipinski definition) is 0. The molecular weight excluding hydrogens is 439 g/mol. The second kappa shape index (κ2) is 8.87. The van der Waals surface area contributed by atoms with Crippen LogP contribution >= 0.6 is 11.6 Å². The normalized spacial score (nSPS) is 18.8. The number of amides is 1. The molecule has 0 N–H and O–H groups in total. The molecular formula is C25H21ClF3NO2. The van der Waals surface area contributed by atoms with E-state index in [-0.39, 0.29) is 11.8 Å². The van der Waals surface area contributed by atoms with Crippen LogP contribution in [0.4, 0.5) is 18.9 Å². The maximum absolute atomic E-state index is 13.2. The smallest absolute Gasteiger partial charge is 0.416 e. The average molecular weight is 460 g/mol. The van der Waals surface area contributed by atoms with Gasteiger partial charge in [-0.1, -0.05) is 30.7 Å². The van der Waals surface area contributed by atoms with E-state index >= 15 is 0 Å². The Bertz CT molecular complexity index is 1100. The molecule has 0 radical (unpaired) electrons. The first-order valence-electron chi connectivity index (χ1n) is 10.3. The Balaban J connectivity index is 1.62. The number of carbonyl (C=O) groups excluding carboxylic acids is 1. The van der Waals surface area contributed by atoms with Crippen LogP contribution in [0.3, 0.4) is 0 Å². The molecule has 4 rings (SSSR count). The van der Waals surface area contributed by atoms with Gasteiger partial charge in [0.1, 0.15) is 11.5 Å². The van der Waals surface area contributed by atoms with Gasteiger partial charge < -0.3 is 9.64 Å². The molecule has 3 aromatic carbocycles. The van der Waals surface area contributed by atoms with Gasteiger partial charge >= 0.3 is 6.18 Å². The minimum atomic E-state index is -4.44. The van der Waals surface area contributed by atoms with Gasteiger partial charge in [0.2, 0.25) is 5.91 Å². The summed E-state index contributed by atoms with van der Waals surface area (Å²) in [7, 11) is 0. The summed E-state index contributed by atoms with van der Waals surface area (Å²) in [6.07, 6.45) is -3.34. The fraction of sp³-hybridized carbons (Fsp3) is 0.240. The molecule has 3 nitrogen and oxygen atoms in total. The molecule has 2 atom stereocenters. The summed E-state index contributed by atoms with van der Waals surface area (Å²) in [5.41, 5.74) is 0.386.